The maximum Gasteiger partial charge on any atom is 0.307 e. The summed E-state index contributed by atoms with van der Waals surface area (Å²) in [6.07, 6.45) is -0.197. The summed E-state index contributed by atoms with van der Waals surface area (Å²) in [5.74, 6) is -1.48. The highest BCUT2D eigenvalue weighted by Crippen LogP contribution is 2.24. The fourth-order valence-corrected chi connectivity index (χ4v) is 2.18. The number of rotatable bonds is 4. The van der Waals surface area contributed by atoms with Gasteiger partial charge in [0.2, 0.25) is 4.38 Å². The summed E-state index contributed by atoms with van der Waals surface area (Å²) in [5, 5.41) is 8.57. The number of aliphatic carboxylic acids is 1. The Morgan fingerprint density at radius 3 is 2.82 bits per heavy atom. The number of carboxylic acid groups (broad SMARTS) is 1. The van der Waals surface area contributed by atoms with Gasteiger partial charge >= 0.3 is 5.97 Å². The van der Waals surface area contributed by atoms with Crippen LogP contribution >= 0.6 is 24.0 Å². The first kappa shape index (κ1) is 13.9. The van der Waals surface area contributed by atoms with Crippen molar-refractivity contribution in [1.82, 2.24) is 0 Å². The first-order valence-electron chi connectivity index (χ1n) is 4.87. The number of carbonyl (C=O) groups is 1. The Labute approximate surface area is 108 Å². The highest BCUT2D eigenvalue weighted by Gasteiger charge is 2.09. The summed E-state index contributed by atoms with van der Waals surface area (Å²) in [6.45, 7) is 2.23. The minimum absolute atomic E-state index is 0.197. The number of carboxylic acids is 1. The molecule has 0 saturated heterocycles. The van der Waals surface area contributed by atoms with Crippen molar-refractivity contribution in [2.24, 2.45) is 0 Å². The molecule has 0 atom stereocenters. The van der Waals surface area contributed by atoms with Gasteiger partial charge in [0.05, 0.1) is 17.9 Å². The zero-order chi connectivity index (χ0) is 12.8. The second-order valence-electron chi connectivity index (χ2n) is 3.12. The lowest BCUT2D eigenvalue weighted by Crippen LogP contribution is -2.01. The molecule has 0 aliphatic carbocycles. The molecular weight excluding hydrogens is 263 g/mol. The van der Waals surface area contributed by atoms with Crippen molar-refractivity contribution in [1.29, 1.82) is 0 Å². The predicted octanol–water partition coefficient (Wildman–Crippen LogP) is 2.87. The number of hydrogen-bond acceptors (Lipinski definition) is 4. The Morgan fingerprint density at radius 1 is 1.59 bits per heavy atom. The molecule has 0 aromatic heterocycles. The molecule has 0 aliphatic rings. The monoisotopic (exact) mass is 274 g/mol. The van der Waals surface area contributed by atoms with Crippen LogP contribution in [0, 0.1) is 5.82 Å². The molecule has 0 bridgehead atoms. The molecule has 0 saturated carbocycles. The van der Waals surface area contributed by atoms with Crippen LogP contribution in [0.1, 0.15) is 12.5 Å². The van der Waals surface area contributed by atoms with Gasteiger partial charge in [-0.25, -0.2) is 4.39 Å². The largest absolute Gasteiger partial charge is 0.481 e. The number of ether oxygens (including phenoxy) is 1. The fraction of sp³-hybridized carbons (Fsp3) is 0.273. The van der Waals surface area contributed by atoms with E-state index < -0.39 is 11.8 Å². The highest BCUT2D eigenvalue weighted by molar-refractivity contribution is 8.22. The van der Waals surface area contributed by atoms with Gasteiger partial charge in [-0.05, 0) is 48.6 Å². The van der Waals surface area contributed by atoms with Gasteiger partial charge < -0.3 is 9.84 Å². The van der Waals surface area contributed by atoms with E-state index in [9.17, 15) is 9.18 Å². The second-order valence-corrected chi connectivity index (χ2v) is 4.76. The Kier molecular flexibility index (Phi) is 5.37. The number of halogens is 1. The summed E-state index contributed by atoms with van der Waals surface area (Å²) >= 11 is 5.89. The van der Waals surface area contributed by atoms with Crippen molar-refractivity contribution in [3.63, 3.8) is 0 Å². The van der Waals surface area contributed by atoms with Gasteiger partial charge in [0.25, 0.3) is 0 Å². The van der Waals surface area contributed by atoms with E-state index in [-0.39, 0.29) is 10.8 Å². The molecule has 1 rings (SSSR count). The van der Waals surface area contributed by atoms with Crippen LogP contribution < -0.4 is 0 Å². The third kappa shape index (κ3) is 4.70. The SMILES string of the molecule is CCOC(=S)Sc1ccc(CC(=O)O)cc1F. The summed E-state index contributed by atoms with van der Waals surface area (Å²) in [4.78, 5) is 10.8. The van der Waals surface area contributed by atoms with Crippen LogP contribution in [0.15, 0.2) is 23.1 Å². The van der Waals surface area contributed by atoms with Crippen molar-refractivity contribution in [2.75, 3.05) is 6.61 Å². The fourth-order valence-electron chi connectivity index (χ4n) is 1.15. The lowest BCUT2D eigenvalue weighted by atomic mass is 10.1. The lowest BCUT2D eigenvalue weighted by Gasteiger charge is -2.06. The van der Waals surface area contributed by atoms with Gasteiger partial charge in [0.1, 0.15) is 5.82 Å². The van der Waals surface area contributed by atoms with Crippen LogP contribution in [-0.4, -0.2) is 22.1 Å². The summed E-state index contributed by atoms with van der Waals surface area (Å²) < 4.78 is 18.8. The maximum atomic E-state index is 13.6. The third-order valence-electron chi connectivity index (χ3n) is 1.81. The van der Waals surface area contributed by atoms with E-state index in [4.69, 9.17) is 22.1 Å². The number of benzene rings is 1. The molecule has 0 fully saturated rings. The minimum Gasteiger partial charge on any atom is -0.481 e. The van der Waals surface area contributed by atoms with Crippen molar-refractivity contribution in [3.8, 4) is 0 Å². The zero-order valence-electron chi connectivity index (χ0n) is 9.10. The lowest BCUT2D eigenvalue weighted by molar-refractivity contribution is -0.136. The molecular formula is C11H11FO3S2. The molecule has 6 heteroatoms. The Morgan fingerprint density at radius 2 is 2.29 bits per heavy atom. The first-order valence-corrected chi connectivity index (χ1v) is 6.10. The van der Waals surface area contributed by atoms with Crippen molar-refractivity contribution in [2.45, 2.75) is 18.2 Å². The molecule has 0 radical (unpaired) electrons. The van der Waals surface area contributed by atoms with E-state index in [1.165, 1.54) is 12.1 Å². The van der Waals surface area contributed by atoms with E-state index in [0.717, 1.165) is 11.8 Å². The van der Waals surface area contributed by atoms with Gasteiger partial charge in [-0.3, -0.25) is 4.79 Å². The van der Waals surface area contributed by atoms with Crippen LogP contribution in [0.3, 0.4) is 0 Å². The molecule has 0 heterocycles. The summed E-state index contributed by atoms with van der Waals surface area (Å²) in [7, 11) is 0. The van der Waals surface area contributed by atoms with Gasteiger partial charge in [-0.15, -0.1) is 0 Å². The van der Waals surface area contributed by atoms with Crippen LogP contribution in [0.2, 0.25) is 0 Å². The quantitative estimate of drug-likeness (QED) is 0.675. The van der Waals surface area contributed by atoms with E-state index in [1.807, 2.05) is 0 Å². The van der Waals surface area contributed by atoms with E-state index >= 15 is 0 Å². The normalized spacial score (nSPS) is 10.0. The Hall–Kier alpha value is -1.14. The Balaban J connectivity index is 2.75. The van der Waals surface area contributed by atoms with Gasteiger partial charge in [0.15, 0.2) is 0 Å². The van der Waals surface area contributed by atoms with Crippen molar-refractivity contribution < 1.29 is 19.0 Å². The van der Waals surface area contributed by atoms with Crippen LogP contribution in [-0.2, 0) is 16.0 Å². The molecule has 1 aromatic carbocycles. The minimum atomic E-state index is -0.991. The molecule has 17 heavy (non-hydrogen) atoms. The number of thioether (sulfide) groups is 1. The first-order chi connectivity index (χ1) is 8.02. The van der Waals surface area contributed by atoms with E-state index in [0.29, 0.717) is 17.1 Å². The number of thiocarbonyl (C=S) groups is 1. The predicted molar refractivity (Wildman–Crippen MR) is 67.8 cm³/mol. The third-order valence-corrected chi connectivity index (χ3v) is 3.01. The summed E-state index contributed by atoms with van der Waals surface area (Å²) in [5.41, 5.74) is 0.418. The van der Waals surface area contributed by atoms with Crippen LogP contribution in [0.25, 0.3) is 0 Å². The van der Waals surface area contributed by atoms with Gasteiger partial charge in [0, 0.05) is 0 Å². The molecule has 3 nitrogen and oxygen atoms in total. The Bertz CT molecular complexity index is 435. The summed E-state index contributed by atoms with van der Waals surface area (Å²) in [6, 6.07) is 4.27. The molecule has 92 valence electrons. The smallest absolute Gasteiger partial charge is 0.307 e. The highest BCUT2D eigenvalue weighted by atomic mass is 32.2. The van der Waals surface area contributed by atoms with Crippen molar-refractivity contribution >= 4 is 34.3 Å². The maximum absolute atomic E-state index is 13.6. The molecule has 0 amide bonds. The second kappa shape index (κ2) is 6.56. The average molecular weight is 274 g/mol. The average Bonchev–Trinajstić information content (AvgIpc) is 2.21. The standard InChI is InChI=1S/C11H11FO3S2/c1-2-15-11(16)17-9-4-3-7(5-8(9)12)6-10(13)14/h3-5H,2,6H2,1H3,(H,13,14). The van der Waals surface area contributed by atoms with Crippen molar-refractivity contribution in [3.05, 3.63) is 29.6 Å². The van der Waals surface area contributed by atoms with Gasteiger partial charge in [-0.1, -0.05) is 6.07 Å². The molecule has 0 unspecified atom stereocenters. The molecule has 0 aliphatic heterocycles. The molecule has 1 N–H and O–H groups in total. The van der Waals surface area contributed by atoms with Crippen LogP contribution in [0.5, 0.6) is 0 Å². The topological polar surface area (TPSA) is 46.5 Å². The zero-order valence-corrected chi connectivity index (χ0v) is 10.7. The molecule has 1 aromatic rings. The molecule has 0 spiro atoms. The van der Waals surface area contributed by atoms with E-state index in [2.05, 4.69) is 0 Å². The number of hydrogen-bond donors (Lipinski definition) is 1. The van der Waals surface area contributed by atoms with Crippen LogP contribution in [0.4, 0.5) is 4.39 Å². The van der Waals surface area contributed by atoms with Gasteiger partial charge in [-0.2, -0.15) is 0 Å². The van der Waals surface area contributed by atoms with E-state index in [1.54, 1.807) is 13.0 Å².